The SMILES string of the molecule is CCCOc1ccc(Nc2cnc(C(=O)OC)cn2)cc1. The Balaban J connectivity index is 1.99. The van der Waals surface area contributed by atoms with E-state index in [0.717, 1.165) is 17.9 Å². The fourth-order valence-electron chi connectivity index (χ4n) is 1.60. The molecule has 6 heteroatoms. The highest BCUT2D eigenvalue weighted by Gasteiger charge is 2.07. The van der Waals surface area contributed by atoms with Gasteiger partial charge in [-0.05, 0) is 30.7 Å². The minimum atomic E-state index is -0.508. The van der Waals surface area contributed by atoms with Gasteiger partial charge in [0.1, 0.15) is 11.6 Å². The second kappa shape index (κ2) is 7.23. The molecule has 0 saturated heterocycles. The summed E-state index contributed by atoms with van der Waals surface area (Å²) >= 11 is 0. The van der Waals surface area contributed by atoms with Crippen LogP contribution in [-0.2, 0) is 4.74 Å². The molecule has 1 aromatic carbocycles. The van der Waals surface area contributed by atoms with E-state index in [0.29, 0.717) is 12.4 Å². The quantitative estimate of drug-likeness (QED) is 0.824. The summed E-state index contributed by atoms with van der Waals surface area (Å²) in [5.41, 5.74) is 1.03. The minimum absolute atomic E-state index is 0.173. The van der Waals surface area contributed by atoms with Gasteiger partial charge in [-0.25, -0.2) is 14.8 Å². The van der Waals surface area contributed by atoms with Crippen molar-refractivity contribution in [3.8, 4) is 5.75 Å². The Morgan fingerprint density at radius 2 is 1.95 bits per heavy atom. The summed E-state index contributed by atoms with van der Waals surface area (Å²) in [5, 5.41) is 3.09. The van der Waals surface area contributed by atoms with Crippen LogP contribution in [0.2, 0.25) is 0 Å². The molecule has 0 aliphatic heterocycles. The highest BCUT2D eigenvalue weighted by molar-refractivity contribution is 5.86. The number of carbonyl (C=O) groups is 1. The molecule has 0 unspecified atom stereocenters. The largest absolute Gasteiger partial charge is 0.494 e. The Bertz CT molecular complexity index is 582. The van der Waals surface area contributed by atoms with Crippen molar-refractivity contribution in [2.45, 2.75) is 13.3 Å². The predicted octanol–water partition coefficient (Wildman–Crippen LogP) is 2.80. The number of nitrogens with zero attached hydrogens (tertiary/aromatic N) is 2. The van der Waals surface area contributed by atoms with Gasteiger partial charge < -0.3 is 14.8 Å². The number of rotatable bonds is 6. The Morgan fingerprint density at radius 3 is 2.52 bits per heavy atom. The lowest BCUT2D eigenvalue weighted by atomic mass is 10.3. The topological polar surface area (TPSA) is 73.3 Å². The van der Waals surface area contributed by atoms with Crippen LogP contribution in [-0.4, -0.2) is 29.7 Å². The maximum absolute atomic E-state index is 11.2. The van der Waals surface area contributed by atoms with Crippen molar-refractivity contribution in [3.63, 3.8) is 0 Å². The van der Waals surface area contributed by atoms with Gasteiger partial charge in [-0.2, -0.15) is 0 Å². The fraction of sp³-hybridized carbons (Fsp3) is 0.267. The maximum atomic E-state index is 11.2. The van der Waals surface area contributed by atoms with Crippen molar-refractivity contribution in [3.05, 3.63) is 42.4 Å². The van der Waals surface area contributed by atoms with Crippen molar-refractivity contribution in [1.82, 2.24) is 9.97 Å². The number of nitrogens with one attached hydrogen (secondary N) is 1. The standard InChI is InChI=1S/C15H17N3O3/c1-3-8-21-12-6-4-11(5-7-12)18-14-10-16-13(9-17-14)15(19)20-2/h4-7,9-10H,3,8H2,1-2H3,(H,17,18). The first-order valence-corrected chi connectivity index (χ1v) is 6.63. The van der Waals surface area contributed by atoms with E-state index in [1.165, 1.54) is 19.5 Å². The Kier molecular flexibility index (Phi) is 5.09. The molecule has 0 bridgehead atoms. The molecule has 0 fully saturated rings. The van der Waals surface area contributed by atoms with Crippen LogP contribution >= 0.6 is 0 Å². The van der Waals surface area contributed by atoms with Crippen LogP contribution in [0, 0.1) is 0 Å². The van der Waals surface area contributed by atoms with E-state index in [1.54, 1.807) is 0 Å². The number of benzene rings is 1. The van der Waals surface area contributed by atoms with Gasteiger partial charge in [0.2, 0.25) is 0 Å². The first-order chi connectivity index (χ1) is 10.2. The lowest BCUT2D eigenvalue weighted by Gasteiger charge is -2.08. The van der Waals surface area contributed by atoms with Gasteiger partial charge in [-0.3, -0.25) is 0 Å². The molecule has 0 aliphatic rings. The molecule has 6 nitrogen and oxygen atoms in total. The lowest BCUT2D eigenvalue weighted by molar-refractivity contribution is 0.0593. The van der Waals surface area contributed by atoms with Gasteiger partial charge in [0.15, 0.2) is 5.69 Å². The van der Waals surface area contributed by atoms with Gasteiger partial charge in [-0.1, -0.05) is 6.92 Å². The Morgan fingerprint density at radius 1 is 1.19 bits per heavy atom. The third-order valence-corrected chi connectivity index (χ3v) is 2.65. The van der Waals surface area contributed by atoms with Gasteiger partial charge >= 0.3 is 5.97 Å². The minimum Gasteiger partial charge on any atom is -0.494 e. The summed E-state index contributed by atoms with van der Waals surface area (Å²) in [7, 11) is 1.30. The number of aromatic nitrogens is 2. The summed E-state index contributed by atoms with van der Waals surface area (Å²) in [4.78, 5) is 19.3. The van der Waals surface area contributed by atoms with Crippen molar-refractivity contribution in [1.29, 1.82) is 0 Å². The average Bonchev–Trinajstić information content (AvgIpc) is 2.54. The molecule has 2 aromatic rings. The third kappa shape index (κ3) is 4.17. The first-order valence-electron chi connectivity index (χ1n) is 6.63. The van der Waals surface area contributed by atoms with Crippen LogP contribution in [0.3, 0.4) is 0 Å². The van der Waals surface area contributed by atoms with Crippen molar-refractivity contribution >= 4 is 17.5 Å². The molecule has 0 aliphatic carbocycles. The third-order valence-electron chi connectivity index (χ3n) is 2.65. The van der Waals surface area contributed by atoms with E-state index < -0.39 is 5.97 Å². The molecule has 0 spiro atoms. The normalized spacial score (nSPS) is 10.0. The number of methoxy groups -OCH3 is 1. The van der Waals surface area contributed by atoms with E-state index in [2.05, 4.69) is 26.9 Å². The molecular weight excluding hydrogens is 270 g/mol. The summed E-state index contributed by atoms with van der Waals surface area (Å²) in [6.07, 6.45) is 3.82. The smallest absolute Gasteiger partial charge is 0.358 e. The zero-order valence-electron chi connectivity index (χ0n) is 12.0. The summed E-state index contributed by atoms with van der Waals surface area (Å²) in [6, 6.07) is 7.55. The van der Waals surface area contributed by atoms with E-state index in [-0.39, 0.29) is 5.69 Å². The van der Waals surface area contributed by atoms with E-state index in [4.69, 9.17) is 4.74 Å². The van der Waals surface area contributed by atoms with Crippen molar-refractivity contribution in [2.75, 3.05) is 19.0 Å². The van der Waals surface area contributed by atoms with Gasteiger partial charge in [0, 0.05) is 5.69 Å². The van der Waals surface area contributed by atoms with Gasteiger partial charge in [-0.15, -0.1) is 0 Å². The number of carbonyl (C=O) groups excluding carboxylic acids is 1. The molecule has 21 heavy (non-hydrogen) atoms. The van der Waals surface area contributed by atoms with Crippen LogP contribution in [0.25, 0.3) is 0 Å². The molecule has 2 rings (SSSR count). The van der Waals surface area contributed by atoms with Gasteiger partial charge in [0.25, 0.3) is 0 Å². The molecular formula is C15H17N3O3. The second-order valence-electron chi connectivity index (χ2n) is 4.28. The maximum Gasteiger partial charge on any atom is 0.358 e. The number of hydrogen-bond donors (Lipinski definition) is 1. The summed E-state index contributed by atoms with van der Waals surface area (Å²) in [5.74, 6) is 0.867. The molecule has 0 radical (unpaired) electrons. The molecule has 1 heterocycles. The van der Waals surface area contributed by atoms with Crippen molar-refractivity contribution in [2.24, 2.45) is 0 Å². The lowest BCUT2D eigenvalue weighted by Crippen LogP contribution is -2.05. The molecule has 0 atom stereocenters. The first kappa shape index (κ1) is 14.8. The average molecular weight is 287 g/mol. The zero-order valence-corrected chi connectivity index (χ0v) is 12.0. The molecule has 1 N–H and O–H groups in total. The summed E-state index contributed by atoms with van der Waals surface area (Å²) < 4.78 is 10.1. The van der Waals surface area contributed by atoms with E-state index in [9.17, 15) is 4.79 Å². The number of anilines is 2. The highest BCUT2D eigenvalue weighted by atomic mass is 16.5. The zero-order chi connectivity index (χ0) is 15.1. The monoisotopic (exact) mass is 287 g/mol. The fourth-order valence-corrected chi connectivity index (χ4v) is 1.60. The van der Waals surface area contributed by atoms with Crippen molar-refractivity contribution < 1.29 is 14.3 Å². The van der Waals surface area contributed by atoms with Crippen LogP contribution in [0.15, 0.2) is 36.7 Å². The van der Waals surface area contributed by atoms with Gasteiger partial charge in [0.05, 0.1) is 26.1 Å². The number of ether oxygens (including phenoxy) is 2. The van der Waals surface area contributed by atoms with Crippen LogP contribution < -0.4 is 10.1 Å². The van der Waals surface area contributed by atoms with E-state index >= 15 is 0 Å². The van der Waals surface area contributed by atoms with E-state index in [1.807, 2.05) is 24.3 Å². The molecule has 1 aromatic heterocycles. The van der Waals surface area contributed by atoms with Crippen LogP contribution in [0.4, 0.5) is 11.5 Å². The Labute approximate surface area is 123 Å². The number of esters is 1. The number of hydrogen-bond acceptors (Lipinski definition) is 6. The predicted molar refractivity (Wildman–Crippen MR) is 78.9 cm³/mol. The Hall–Kier alpha value is -2.63. The van der Waals surface area contributed by atoms with Crippen LogP contribution in [0.1, 0.15) is 23.8 Å². The summed E-state index contributed by atoms with van der Waals surface area (Å²) in [6.45, 7) is 2.76. The second-order valence-corrected chi connectivity index (χ2v) is 4.28. The molecule has 0 saturated carbocycles. The molecule has 0 amide bonds. The highest BCUT2D eigenvalue weighted by Crippen LogP contribution is 2.18. The molecule has 110 valence electrons. The van der Waals surface area contributed by atoms with Crippen LogP contribution in [0.5, 0.6) is 5.75 Å².